The Morgan fingerprint density at radius 1 is 0.292 bits per heavy atom. The molecule has 5 nitrogen and oxygen atoms in total. The fraction of sp³-hybridized carbons (Fsp3) is 0. The number of hydrogen-bond donors (Lipinski definition) is 3. The molecule has 5 heterocycles. The van der Waals surface area contributed by atoms with E-state index in [0.29, 0.717) is 11.1 Å². The summed E-state index contributed by atoms with van der Waals surface area (Å²) in [7, 11) is 0. The zero-order valence-electron chi connectivity index (χ0n) is 35.2. The number of aromatic hydroxyl groups is 1. The molecular formula is C52H19F15N4O. The summed E-state index contributed by atoms with van der Waals surface area (Å²) < 4.78 is 229. The van der Waals surface area contributed by atoms with Gasteiger partial charge in [-0.2, -0.15) is 0 Å². The molecule has 0 fully saturated rings. The number of phenols is 1. The van der Waals surface area contributed by atoms with E-state index >= 15 is 52.7 Å². The van der Waals surface area contributed by atoms with E-state index in [1.165, 1.54) is 48.5 Å². The molecule has 0 unspecified atom stereocenters. The third kappa shape index (κ3) is 7.43. The summed E-state index contributed by atoms with van der Waals surface area (Å²) in [5.41, 5.74) is -11.0. The van der Waals surface area contributed by atoms with Crippen molar-refractivity contribution >= 4 is 46.4 Å². The minimum absolute atomic E-state index is 0.00571. The number of benzene rings is 5. The van der Waals surface area contributed by atoms with Gasteiger partial charge in [-0.1, -0.05) is 24.0 Å². The Kier molecular flexibility index (Phi) is 11.3. The van der Waals surface area contributed by atoms with Crippen molar-refractivity contribution in [1.82, 2.24) is 19.9 Å². The van der Waals surface area contributed by atoms with Gasteiger partial charge >= 0.3 is 0 Å². The molecule has 3 aromatic heterocycles. The molecule has 0 atom stereocenters. The van der Waals surface area contributed by atoms with Gasteiger partial charge in [0.2, 0.25) is 17.5 Å². The van der Waals surface area contributed by atoms with Crippen molar-refractivity contribution in [2.45, 2.75) is 0 Å². The highest BCUT2D eigenvalue weighted by molar-refractivity contribution is 6.00. The second-order valence-corrected chi connectivity index (χ2v) is 15.7. The van der Waals surface area contributed by atoms with Crippen molar-refractivity contribution in [2.75, 3.05) is 0 Å². The summed E-state index contributed by atoms with van der Waals surface area (Å²) in [6.45, 7) is 0. The van der Waals surface area contributed by atoms with Crippen molar-refractivity contribution in [3.8, 4) is 62.1 Å². The van der Waals surface area contributed by atoms with Gasteiger partial charge in [-0.05, 0) is 90.5 Å². The van der Waals surface area contributed by atoms with Crippen LogP contribution in [0.5, 0.6) is 5.75 Å². The van der Waals surface area contributed by atoms with Gasteiger partial charge in [0, 0.05) is 55.4 Å². The van der Waals surface area contributed by atoms with Gasteiger partial charge in [0.15, 0.2) is 69.8 Å². The van der Waals surface area contributed by atoms with E-state index in [-0.39, 0.29) is 28.1 Å². The van der Waals surface area contributed by atoms with Crippen LogP contribution in [0, 0.1) is 99.1 Å². The molecule has 2 aliphatic rings. The molecule has 2 aliphatic heterocycles. The maximum absolute atomic E-state index is 16.0. The molecule has 8 bridgehead atoms. The van der Waals surface area contributed by atoms with E-state index in [2.05, 4.69) is 31.8 Å². The number of rotatable bonds is 4. The van der Waals surface area contributed by atoms with Crippen LogP contribution in [0.1, 0.15) is 33.9 Å². The number of nitrogens with zero attached hydrogens (tertiary/aromatic N) is 2. The van der Waals surface area contributed by atoms with E-state index in [1.807, 2.05) is 0 Å². The number of H-pyrrole nitrogens is 2. The monoisotopic (exact) mass is 1000 g/mol. The van der Waals surface area contributed by atoms with Crippen LogP contribution < -0.4 is 0 Å². The zero-order valence-corrected chi connectivity index (χ0v) is 35.2. The number of phenolic OH excluding ortho intramolecular Hbond substituents is 1. The quantitative estimate of drug-likeness (QED) is 0.0711. The molecule has 3 N–H and O–H groups in total. The Labute approximate surface area is 392 Å². The average Bonchev–Trinajstić information content (AvgIpc) is 4.24. The van der Waals surface area contributed by atoms with Gasteiger partial charge in [-0.15, -0.1) is 0 Å². The first-order valence-electron chi connectivity index (χ1n) is 20.5. The number of fused-ring (bicyclic) bond motifs is 8. The van der Waals surface area contributed by atoms with Crippen LogP contribution in [0.4, 0.5) is 65.9 Å². The zero-order chi connectivity index (χ0) is 51.2. The SMILES string of the molecule is Oc1ccc(C#Cc2ccc(-c3c4nc(c(-c5c(F)c(F)c(F)c(F)c5F)c5ccc([nH]5)c(-c5c(F)c(F)c(F)c(F)c5F)c5nc(c(-c6c(F)c(F)c(F)c(F)c6F)c6ccc3[nH]6)C=C5)C=C4)cc2)cc1. The van der Waals surface area contributed by atoms with Crippen molar-refractivity contribution in [3.63, 3.8) is 0 Å². The third-order valence-corrected chi connectivity index (χ3v) is 11.5. The van der Waals surface area contributed by atoms with Crippen LogP contribution >= 0.6 is 0 Å². The lowest BCUT2D eigenvalue weighted by Gasteiger charge is -2.11. The molecule has 358 valence electrons. The van der Waals surface area contributed by atoms with Crippen LogP contribution in [0.3, 0.4) is 0 Å². The third-order valence-electron chi connectivity index (χ3n) is 11.5. The van der Waals surface area contributed by atoms with E-state index in [1.54, 1.807) is 12.1 Å². The Balaban J connectivity index is 1.39. The largest absolute Gasteiger partial charge is 0.508 e. The second-order valence-electron chi connectivity index (χ2n) is 15.7. The fourth-order valence-electron chi connectivity index (χ4n) is 8.18. The molecule has 5 aromatic carbocycles. The van der Waals surface area contributed by atoms with Crippen molar-refractivity contribution in [2.24, 2.45) is 0 Å². The number of halogens is 15. The van der Waals surface area contributed by atoms with Crippen LogP contribution in [0.25, 0.3) is 90.9 Å². The smallest absolute Gasteiger partial charge is 0.200 e. The predicted molar refractivity (Wildman–Crippen MR) is 234 cm³/mol. The summed E-state index contributed by atoms with van der Waals surface area (Å²) in [6.07, 6.45) is 3.87. The standard InChI is InChI=1S/C52H19F15N4O/c53-38-35(39(54)45(60)50(65)44(38)59)32-25-13-11-23(68-25)31(21-7-3-19(4-8-21)1-2-20-5-9-22(72)10-6-20)24-12-14-26(69-24)33(36-40(55)46(61)51(66)47(62)41(36)56)28-16-18-30(71-28)34(29-17-15-27(32)70-29)37-42(57)48(63)52(67)49(64)43(37)58/h3-18,68,71-72H. The molecule has 0 saturated carbocycles. The van der Waals surface area contributed by atoms with E-state index in [0.717, 1.165) is 36.4 Å². The fourth-order valence-corrected chi connectivity index (χ4v) is 8.18. The van der Waals surface area contributed by atoms with Gasteiger partial charge < -0.3 is 15.1 Å². The topological polar surface area (TPSA) is 77.6 Å². The molecular weight excluding hydrogens is 982 g/mol. The molecule has 20 heteroatoms. The number of nitrogens with one attached hydrogen (secondary N) is 2. The number of aromatic amines is 2. The number of hydrogen-bond acceptors (Lipinski definition) is 3. The van der Waals surface area contributed by atoms with Gasteiger partial charge in [0.1, 0.15) is 5.75 Å². The molecule has 0 spiro atoms. The molecule has 72 heavy (non-hydrogen) atoms. The molecule has 10 rings (SSSR count). The molecule has 0 amide bonds. The summed E-state index contributed by atoms with van der Waals surface area (Å²) in [5, 5.41) is 9.63. The first-order valence-corrected chi connectivity index (χ1v) is 20.5. The maximum atomic E-state index is 16.0. The van der Waals surface area contributed by atoms with E-state index in [4.69, 9.17) is 0 Å². The van der Waals surface area contributed by atoms with Crippen LogP contribution in [0.2, 0.25) is 0 Å². The van der Waals surface area contributed by atoms with E-state index < -0.39 is 154 Å². The lowest BCUT2D eigenvalue weighted by molar-refractivity contribution is 0.381. The highest BCUT2D eigenvalue weighted by atomic mass is 19.2. The van der Waals surface area contributed by atoms with E-state index in [9.17, 15) is 18.3 Å². The molecule has 8 aromatic rings. The van der Waals surface area contributed by atoms with Crippen LogP contribution in [-0.2, 0) is 0 Å². The van der Waals surface area contributed by atoms with Crippen molar-refractivity contribution < 1.29 is 71.0 Å². The van der Waals surface area contributed by atoms with Crippen LogP contribution in [0.15, 0.2) is 72.8 Å². The summed E-state index contributed by atoms with van der Waals surface area (Å²) in [6, 6.07) is 15.9. The summed E-state index contributed by atoms with van der Waals surface area (Å²) >= 11 is 0. The Bertz CT molecular complexity index is 3840. The van der Waals surface area contributed by atoms with Gasteiger partial charge in [0.25, 0.3) is 0 Å². The molecule has 0 radical (unpaired) electrons. The normalized spacial score (nSPS) is 11.9. The van der Waals surface area contributed by atoms with Crippen molar-refractivity contribution in [1.29, 1.82) is 0 Å². The second kappa shape index (κ2) is 17.4. The minimum atomic E-state index is -2.62. The maximum Gasteiger partial charge on any atom is 0.200 e. The first-order chi connectivity index (χ1) is 34.4. The van der Waals surface area contributed by atoms with Crippen molar-refractivity contribution in [3.05, 3.63) is 194 Å². The Morgan fingerprint density at radius 2 is 0.542 bits per heavy atom. The van der Waals surface area contributed by atoms with Crippen LogP contribution in [-0.4, -0.2) is 25.0 Å². The van der Waals surface area contributed by atoms with Gasteiger partial charge in [0.05, 0.1) is 39.5 Å². The first kappa shape index (κ1) is 46.7. The summed E-state index contributed by atoms with van der Waals surface area (Å²) in [5.74, 6) is -31.1. The highest BCUT2D eigenvalue weighted by Crippen LogP contribution is 2.43. The predicted octanol–water partition coefficient (Wildman–Crippen LogP) is 14.5. The Morgan fingerprint density at radius 3 is 0.847 bits per heavy atom. The minimum Gasteiger partial charge on any atom is -0.508 e. The van der Waals surface area contributed by atoms with Gasteiger partial charge in [-0.25, -0.2) is 75.8 Å². The Hall–Kier alpha value is -8.99. The molecule has 0 aliphatic carbocycles. The number of aromatic nitrogens is 4. The van der Waals surface area contributed by atoms with Gasteiger partial charge in [-0.3, -0.25) is 0 Å². The molecule has 0 saturated heterocycles. The lowest BCUT2D eigenvalue weighted by Crippen LogP contribution is -2.06. The lowest BCUT2D eigenvalue weighted by atomic mass is 10.0. The summed E-state index contributed by atoms with van der Waals surface area (Å²) in [4.78, 5) is 13.9. The highest BCUT2D eigenvalue weighted by Gasteiger charge is 2.34. The average molecular weight is 1000 g/mol.